The van der Waals surface area contributed by atoms with Gasteiger partial charge in [0, 0.05) is 44.2 Å². The van der Waals surface area contributed by atoms with Crippen LogP contribution in [0.15, 0.2) is 30.6 Å². The highest BCUT2D eigenvalue weighted by Gasteiger charge is 2.27. The second-order valence-corrected chi connectivity index (χ2v) is 6.54. The molecule has 3 rings (SSSR count). The van der Waals surface area contributed by atoms with E-state index >= 15 is 0 Å². The van der Waals surface area contributed by atoms with Gasteiger partial charge in [0.25, 0.3) is 0 Å². The van der Waals surface area contributed by atoms with Crippen LogP contribution in [0.5, 0.6) is 11.6 Å². The minimum absolute atomic E-state index is 0.0117. The monoisotopic (exact) mass is 378 g/mol. The van der Waals surface area contributed by atoms with Crippen molar-refractivity contribution < 1.29 is 13.9 Å². The molecule has 0 N–H and O–H groups in total. The Bertz CT molecular complexity index is 805. The SMILES string of the molecule is CCC(=O)N1CCN(c2cc(Oc3ccc(F)c(Cl)c3)ncn2)CC1C. The zero-order valence-corrected chi connectivity index (χ0v) is 15.4. The Hall–Kier alpha value is -2.41. The van der Waals surface area contributed by atoms with Gasteiger partial charge in [-0.1, -0.05) is 18.5 Å². The number of rotatable bonds is 4. The molecular weight excluding hydrogens is 359 g/mol. The topological polar surface area (TPSA) is 58.6 Å². The summed E-state index contributed by atoms with van der Waals surface area (Å²) in [5.74, 6) is 1.12. The molecule has 1 saturated heterocycles. The molecule has 1 fully saturated rings. The number of piperazine rings is 1. The second-order valence-electron chi connectivity index (χ2n) is 6.13. The highest BCUT2D eigenvalue weighted by molar-refractivity contribution is 6.30. The first-order valence-corrected chi connectivity index (χ1v) is 8.85. The third kappa shape index (κ3) is 4.04. The summed E-state index contributed by atoms with van der Waals surface area (Å²) in [6.45, 7) is 5.93. The number of carbonyl (C=O) groups excluding carboxylic acids is 1. The minimum Gasteiger partial charge on any atom is -0.439 e. The van der Waals surface area contributed by atoms with Crippen LogP contribution in [-0.2, 0) is 4.79 Å². The molecule has 1 atom stereocenters. The smallest absolute Gasteiger partial charge is 0.224 e. The lowest BCUT2D eigenvalue weighted by atomic mass is 10.1. The molecule has 1 aliphatic heterocycles. The van der Waals surface area contributed by atoms with Crippen LogP contribution in [0.2, 0.25) is 5.02 Å². The molecule has 8 heteroatoms. The average Bonchev–Trinajstić information content (AvgIpc) is 2.64. The van der Waals surface area contributed by atoms with Crippen molar-refractivity contribution in [3.05, 3.63) is 41.4 Å². The van der Waals surface area contributed by atoms with E-state index in [-0.39, 0.29) is 17.0 Å². The van der Waals surface area contributed by atoms with Crippen LogP contribution < -0.4 is 9.64 Å². The lowest BCUT2D eigenvalue weighted by Gasteiger charge is -2.40. The molecule has 26 heavy (non-hydrogen) atoms. The maximum absolute atomic E-state index is 13.2. The number of hydrogen-bond acceptors (Lipinski definition) is 5. The van der Waals surface area contributed by atoms with E-state index in [0.717, 1.165) is 5.82 Å². The molecular formula is C18H20ClFN4O2. The summed E-state index contributed by atoms with van der Waals surface area (Å²) in [6, 6.07) is 5.95. The summed E-state index contributed by atoms with van der Waals surface area (Å²) in [7, 11) is 0. The second kappa shape index (κ2) is 7.86. The largest absolute Gasteiger partial charge is 0.439 e. The quantitative estimate of drug-likeness (QED) is 0.814. The Labute approximate surface area is 156 Å². The van der Waals surface area contributed by atoms with E-state index in [4.69, 9.17) is 16.3 Å². The van der Waals surface area contributed by atoms with Gasteiger partial charge in [-0.2, -0.15) is 0 Å². The van der Waals surface area contributed by atoms with E-state index in [1.54, 1.807) is 6.07 Å². The number of benzene rings is 1. The molecule has 2 aromatic rings. The van der Waals surface area contributed by atoms with Crippen LogP contribution in [-0.4, -0.2) is 46.5 Å². The van der Waals surface area contributed by atoms with Crippen molar-refractivity contribution in [1.82, 2.24) is 14.9 Å². The van der Waals surface area contributed by atoms with E-state index in [1.165, 1.54) is 24.5 Å². The van der Waals surface area contributed by atoms with Crippen molar-refractivity contribution in [3.63, 3.8) is 0 Å². The molecule has 2 heterocycles. The first-order valence-electron chi connectivity index (χ1n) is 8.47. The van der Waals surface area contributed by atoms with Crippen molar-refractivity contribution in [2.75, 3.05) is 24.5 Å². The summed E-state index contributed by atoms with van der Waals surface area (Å²) in [5.41, 5.74) is 0. The summed E-state index contributed by atoms with van der Waals surface area (Å²) >= 11 is 5.77. The highest BCUT2D eigenvalue weighted by atomic mass is 35.5. The third-order valence-corrected chi connectivity index (χ3v) is 4.60. The molecule has 0 saturated carbocycles. The first-order chi connectivity index (χ1) is 12.5. The van der Waals surface area contributed by atoms with Crippen LogP contribution in [0.3, 0.4) is 0 Å². The van der Waals surface area contributed by atoms with Gasteiger partial charge in [0.05, 0.1) is 5.02 Å². The number of amides is 1. The summed E-state index contributed by atoms with van der Waals surface area (Å²) in [4.78, 5) is 24.3. The van der Waals surface area contributed by atoms with Gasteiger partial charge in [0.15, 0.2) is 0 Å². The Morgan fingerprint density at radius 3 is 2.85 bits per heavy atom. The molecule has 1 unspecified atom stereocenters. The summed E-state index contributed by atoms with van der Waals surface area (Å²) < 4.78 is 18.9. The molecule has 1 amide bonds. The zero-order valence-electron chi connectivity index (χ0n) is 14.7. The number of ether oxygens (including phenoxy) is 1. The molecule has 1 aromatic carbocycles. The molecule has 1 aliphatic rings. The number of carbonyl (C=O) groups is 1. The fourth-order valence-electron chi connectivity index (χ4n) is 2.96. The van der Waals surface area contributed by atoms with Crippen LogP contribution in [0.25, 0.3) is 0 Å². The lowest BCUT2D eigenvalue weighted by molar-refractivity contribution is -0.133. The van der Waals surface area contributed by atoms with Gasteiger partial charge < -0.3 is 14.5 Å². The van der Waals surface area contributed by atoms with Crippen molar-refractivity contribution in [1.29, 1.82) is 0 Å². The molecule has 0 radical (unpaired) electrons. The van der Waals surface area contributed by atoms with Crippen LogP contribution in [0, 0.1) is 5.82 Å². The highest BCUT2D eigenvalue weighted by Crippen LogP contribution is 2.27. The average molecular weight is 379 g/mol. The van der Waals surface area contributed by atoms with E-state index in [9.17, 15) is 9.18 Å². The Morgan fingerprint density at radius 1 is 1.35 bits per heavy atom. The van der Waals surface area contributed by atoms with Crippen molar-refractivity contribution >= 4 is 23.3 Å². The molecule has 6 nitrogen and oxygen atoms in total. The fourth-order valence-corrected chi connectivity index (χ4v) is 3.13. The van der Waals surface area contributed by atoms with Gasteiger partial charge in [-0.25, -0.2) is 14.4 Å². The van der Waals surface area contributed by atoms with Crippen LogP contribution in [0.4, 0.5) is 10.2 Å². The maximum atomic E-state index is 13.2. The van der Waals surface area contributed by atoms with Gasteiger partial charge in [-0.3, -0.25) is 4.79 Å². The molecule has 1 aromatic heterocycles. The number of aromatic nitrogens is 2. The normalized spacial score (nSPS) is 17.3. The van der Waals surface area contributed by atoms with Crippen molar-refractivity contribution in [2.45, 2.75) is 26.3 Å². The summed E-state index contributed by atoms with van der Waals surface area (Å²) in [6.07, 6.45) is 1.93. The fraction of sp³-hybridized carbons (Fsp3) is 0.389. The van der Waals surface area contributed by atoms with Crippen molar-refractivity contribution in [2.24, 2.45) is 0 Å². The Balaban J connectivity index is 1.71. The van der Waals surface area contributed by atoms with Crippen LogP contribution in [0.1, 0.15) is 20.3 Å². The third-order valence-electron chi connectivity index (χ3n) is 4.32. The predicted molar refractivity (Wildman–Crippen MR) is 97.2 cm³/mol. The number of anilines is 1. The van der Waals surface area contributed by atoms with Crippen molar-refractivity contribution in [3.8, 4) is 11.6 Å². The minimum atomic E-state index is -0.504. The van der Waals surface area contributed by atoms with Gasteiger partial charge in [0.2, 0.25) is 11.8 Å². The number of hydrogen-bond donors (Lipinski definition) is 0. The van der Waals surface area contributed by atoms with Gasteiger partial charge >= 0.3 is 0 Å². The van der Waals surface area contributed by atoms with Gasteiger partial charge in [-0.05, 0) is 19.1 Å². The zero-order chi connectivity index (χ0) is 18.7. The molecule has 0 aliphatic carbocycles. The van der Waals surface area contributed by atoms with Crippen LogP contribution >= 0.6 is 11.6 Å². The first kappa shape index (κ1) is 18.4. The standard InChI is InChI=1S/C18H20ClFN4O2/c1-3-18(25)24-7-6-23(10-12(24)2)16-9-17(22-11-21-16)26-13-4-5-15(20)14(19)8-13/h4-5,8-9,11-12H,3,6-7,10H2,1-2H3. The summed E-state index contributed by atoms with van der Waals surface area (Å²) in [5, 5.41) is -0.0117. The Kier molecular flexibility index (Phi) is 5.56. The van der Waals surface area contributed by atoms with Gasteiger partial charge in [0.1, 0.15) is 23.7 Å². The molecule has 0 spiro atoms. The van der Waals surface area contributed by atoms with E-state index in [0.29, 0.717) is 37.7 Å². The molecule has 0 bridgehead atoms. The van der Waals surface area contributed by atoms with Gasteiger partial charge in [-0.15, -0.1) is 0 Å². The molecule has 138 valence electrons. The number of nitrogens with zero attached hydrogens (tertiary/aromatic N) is 4. The maximum Gasteiger partial charge on any atom is 0.224 e. The Morgan fingerprint density at radius 2 is 2.15 bits per heavy atom. The van der Waals surface area contributed by atoms with E-state index < -0.39 is 5.82 Å². The predicted octanol–water partition coefficient (Wildman–Crippen LogP) is 3.51. The van der Waals surface area contributed by atoms with E-state index in [1.807, 2.05) is 18.7 Å². The lowest BCUT2D eigenvalue weighted by Crippen LogP contribution is -2.54. The number of halogens is 2. The van der Waals surface area contributed by atoms with E-state index in [2.05, 4.69) is 14.9 Å².